The predicted molar refractivity (Wildman–Crippen MR) is 81.4 cm³/mol. The fraction of sp³-hybridized carbons (Fsp3) is 0.263. The number of benzene rings is 2. The maximum atomic E-state index is 2.41. The van der Waals surface area contributed by atoms with Gasteiger partial charge in [-0.3, -0.25) is 0 Å². The molecule has 0 heterocycles. The zero-order valence-corrected chi connectivity index (χ0v) is 11.4. The topological polar surface area (TPSA) is 0 Å². The van der Waals surface area contributed by atoms with Gasteiger partial charge in [-0.05, 0) is 24.0 Å². The summed E-state index contributed by atoms with van der Waals surface area (Å²) in [5, 5.41) is 0. The van der Waals surface area contributed by atoms with Crippen LogP contribution in [0.1, 0.15) is 36.8 Å². The van der Waals surface area contributed by atoms with Crippen LogP contribution in [0.5, 0.6) is 0 Å². The second kappa shape index (κ2) is 5.05. The number of allylic oxidation sites excluding steroid dienone is 2. The summed E-state index contributed by atoms with van der Waals surface area (Å²) in [5.74, 6) is 0.477. The molecular formula is C19H20. The van der Waals surface area contributed by atoms with Crippen molar-refractivity contribution >= 4 is 0 Å². The fourth-order valence-electron chi connectivity index (χ4n) is 3.27. The van der Waals surface area contributed by atoms with Gasteiger partial charge in [-0.2, -0.15) is 0 Å². The Hall–Kier alpha value is -1.82. The summed E-state index contributed by atoms with van der Waals surface area (Å²) in [5.41, 5.74) is 3.08. The summed E-state index contributed by atoms with van der Waals surface area (Å²) in [6.45, 7) is 2.41. The Bertz CT molecular complexity index is 553. The van der Waals surface area contributed by atoms with Crippen molar-refractivity contribution in [2.24, 2.45) is 0 Å². The molecule has 2 atom stereocenters. The van der Waals surface area contributed by atoms with Crippen LogP contribution in [0.4, 0.5) is 0 Å². The summed E-state index contributed by atoms with van der Waals surface area (Å²) in [6, 6.07) is 21.8. The van der Waals surface area contributed by atoms with Crippen LogP contribution < -0.4 is 0 Å². The van der Waals surface area contributed by atoms with Crippen LogP contribution >= 0.6 is 0 Å². The molecule has 0 heteroatoms. The van der Waals surface area contributed by atoms with Gasteiger partial charge >= 0.3 is 0 Å². The van der Waals surface area contributed by atoms with Crippen LogP contribution in [0.25, 0.3) is 0 Å². The Morgan fingerprint density at radius 3 is 2.21 bits per heavy atom. The zero-order valence-electron chi connectivity index (χ0n) is 11.4. The molecular weight excluding hydrogens is 228 g/mol. The lowest BCUT2D eigenvalue weighted by atomic mass is 9.64. The molecule has 0 spiro atoms. The van der Waals surface area contributed by atoms with E-state index in [4.69, 9.17) is 0 Å². The molecule has 0 aromatic heterocycles. The molecule has 1 aliphatic carbocycles. The first-order valence-electron chi connectivity index (χ1n) is 7.08. The highest BCUT2D eigenvalue weighted by molar-refractivity contribution is 5.38. The van der Waals surface area contributed by atoms with Gasteiger partial charge in [0.15, 0.2) is 0 Å². The van der Waals surface area contributed by atoms with Crippen LogP contribution in [-0.4, -0.2) is 0 Å². The molecule has 0 fully saturated rings. The lowest BCUT2D eigenvalue weighted by Gasteiger charge is -2.39. The van der Waals surface area contributed by atoms with Crippen molar-refractivity contribution < 1.29 is 0 Å². The van der Waals surface area contributed by atoms with E-state index in [9.17, 15) is 0 Å². The third-order valence-electron chi connectivity index (χ3n) is 4.44. The predicted octanol–water partition coefficient (Wildman–Crippen LogP) is 5.08. The number of hydrogen-bond donors (Lipinski definition) is 0. The van der Waals surface area contributed by atoms with Crippen molar-refractivity contribution in [1.29, 1.82) is 0 Å². The standard InChI is InChI=1S/C19H20/c1-19(17-12-6-3-7-13-17)15-9-8-14-18(19)16-10-4-2-5-11-16/h2-8,10-14,18H,9,15H2,1H3. The molecule has 0 bridgehead atoms. The van der Waals surface area contributed by atoms with E-state index in [-0.39, 0.29) is 5.41 Å². The van der Waals surface area contributed by atoms with Crippen LogP contribution in [0.3, 0.4) is 0 Å². The molecule has 19 heavy (non-hydrogen) atoms. The van der Waals surface area contributed by atoms with Gasteiger partial charge in [-0.1, -0.05) is 79.7 Å². The van der Waals surface area contributed by atoms with E-state index in [0.717, 1.165) is 0 Å². The van der Waals surface area contributed by atoms with Gasteiger partial charge in [-0.15, -0.1) is 0 Å². The van der Waals surface area contributed by atoms with E-state index in [2.05, 4.69) is 79.7 Å². The molecule has 0 amide bonds. The van der Waals surface area contributed by atoms with Crippen molar-refractivity contribution in [3.63, 3.8) is 0 Å². The fourth-order valence-corrected chi connectivity index (χ4v) is 3.27. The smallest absolute Gasteiger partial charge is 0.0112 e. The normalized spacial score (nSPS) is 26.3. The molecule has 96 valence electrons. The number of hydrogen-bond acceptors (Lipinski definition) is 0. The summed E-state index contributed by atoms with van der Waals surface area (Å²) in [6.07, 6.45) is 7.12. The third kappa shape index (κ3) is 2.23. The van der Waals surface area contributed by atoms with Crippen LogP contribution in [0, 0.1) is 0 Å². The summed E-state index contributed by atoms with van der Waals surface area (Å²) in [4.78, 5) is 0. The van der Waals surface area contributed by atoms with Crippen molar-refractivity contribution in [3.05, 3.63) is 83.9 Å². The average Bonchev–Trinajstić information content (AvgIpc) is 2.49. The van der Waals surface area contributed by atoms with Crippen molar-refractivity contribution in [3.8, 4) is 0 Å². The second-order valence-corrected chi connectivity index (χ2v) is 5.64. The molecule has 1 aliphatic rings. The molecule has 2 aromatic carbocycles. The van der Waals surface area contributed by atoms with E-state index >= 15 is 0 Å². The van der Waals surface area contributed by atoms with Crippen molar-refractivity contribution in [2.45, 2.75) is 31.1 Å². The van der Waals surface area contributed by atoms with E-state index in [1.807, 2.05) is 0 Å². The van der Waals surface area contributed by atoms with E-state index < -0.39 is 0 Å². The van der Waals surface area contributed by atoms with E-state index in [0.29, 0.717) is 5.92 Å². The van der Waals surface area contributed by atoms with E-state index in [1.54, 1.807) is 0 Å². The molecule has 0 saturated heterocycles. The highest BCUT2D eigenvalue weighted by Gasteiger charge is 2.36. The van der Waals surface area contributed by atoms with Gasteiger partial charge in [-0.25, -0.2) is 0 Å². The summed E-state index contributed by atoms with van der Waals surface area (Å²) in [7, 11) is 0. The zero-order chi connectivity index (χ0) is 13.1. The Morgan fingerprint density at radius 1 is 0.895 bits per heavy atom. The molecule has 0 N–H and O–H groups in total. The first-order chi connectivity index (χ1) is 9.31. The van der Waals surface area contributed by atoms with Crippen molar-refractivity contribution in [2.75, 3.05) is 0 Å². The monoisotopic (exact) mass is 248 g/mol. The third-order valence-corrected chi connectivity index (χ3v) is 4.44. The van der Waals surface area contributed by atoms with Gasteiger partial charge in [0, 0.05) is 11.3 Å². The largest absolute Gasteiger partial charge is 0.0879 e. The Balaban J connectivity index is 2.06. The Morgan fingerprint density at radius 2 is 1.53 bits per heavy atom. The minimum Gasteiger partial charge on any atom is -0.0879 e. The molecule has 2 unspecified atom stereocenters. The summed E-state index contributed by atoms with van der Waals surface area (Å²) >= 11 is 0. The first-order valence-corrected chi connectivity index (χ1v) is 7.08. The molecule has 0 saturated carbocycles. The highest BCUT2D eigenvalue weighted by atomic mass is 14.4. The lowest BCUT2D eigenvalue weighted by Crippen LogP contribution is -2.31. The van der Waals surface area contributed by atoms with Gasteiger partial charge in [0.2, 0.25) is 0 Å². The van der Waals surface area contributed by atoms with Crippen molar-refractivity contribution in [1.82, 2.24) is 0 Å². The van der Waals surface area contributed by atoms with Gasteiger partial charge in [0.1, 0.15) is 0 Å². The van der Waals surface area contributed by atoms with Gasteiger partial charge < -0.3 is 0 Å². The lowest BCUT2D eigenvalue weighted by molar-refractivity contribution is 0.379. The average molecular weight is 248 g/mol. The Labute approximate surface area is 115 Å². The van der Waals surface area contributed by atoms with Gasteiger partial charge in [0.05, 0.1) is 0 Å². The summed E-state index contributed by atoms with van der Waals surface area (Å²) < 4.78 is 0. The quantitative estimate of drug-likeness (QED) is 0.650. The Kier molecular flexibility index (Phi) is 3.25. The van der Waals surface area contributed by atoms with Crippen LogP contribution in [0.2, 0.25) is 0 Å². The second-order valence-electron chi connectivity index (χ2n) is 5.64. The molecule has 0 radical (unpaired) electrons. The van der Waals surface area contributed by atoms with Crippen LogP contribution in [-0.2, 0) is 5.41 Å². The van der Waals surface area contributed by atoms with E-state index in [1.165, 1.54) is 24.0 Å². The molecule has 3 rings (SSSR count). The van der Waals surface area contributed by atoms with Gasteiger partial charge in [0.25, 0.3) is 0 Å². The maximum Gasteiger partial charge on any atom is 0.0112 e. The molecule has 0 nitrogen and oxygen atoms in total. The first kappa shape index (κ1) is 12.2. The number of rotatable bonds is 2. The minimum absolute atomic E-state index is 0.206. The van der Waals surface area contributed by atoms with Crippen LogP contribution in [0.15, 0.2) is 72.8 Å². The molecule has 0 aliphatic heterocycles. The SMILES string of the molecule is CC1(c2ccccc2)CCC=CC1c1ccccc1. The minimum atomic E-state index is 0.206. The molecule has 2 aromatic rings. The maximum absolute atomic E-state index is 2.41. The highest BCUT2D eigenvalue weighted by Crippen LogP contribution is 2.45.